The van der Waals surface area contributed by atoms with Crippen LogP contribution in [0.3, 0.4) is 0 Å². The number of fused-ring (bicyclic) bond motifs is 1. The number of halogens is 2. The van der Waals surface area contributed by atoms with E-state index in [4.69, 9.17) is 25.7 Å². The smallest absolute Gasteiger partial charge is 0.323 e. The van der Waals surface area contributed by atoms with Crippen LogP contribution in [-0.2, 0) is 24.6 Å². The van der Waals surface area contributed by atoms with Crippen molar-refractivity contribution in [1.29, 1.82) is 0 Å². The normalized spacial score (nSPS) is 11.9. The van der Waals surface area contributed by atoms with Gasteiger partial charge in [0.1, 0.15) is 41.8 Å². The Balaban J connectivity index is 1.40. The standard InChI is InChI=1S/C30H25BrClN3O6/c31-28-19(8-4-10-22(28)18-6-2-1-3-7-18)16-40-27-13-26(21(12-23(27)32)14-33-25(15-36)30(37)38)39-17-20-9-5-11-24-29(20)35-41-34-24/h1-13,25,33,36H,14-17H2,(H,37,38)/t25-/m1/s1. The molecule has 1 aromatic heterocycles. The fourth-order valence-corrected chi connectivity index (χ4v) is 5.09. The molecule has 210 valence electrons. The minimum atomic E-state index is -1.17. The predicted molar refractivity (Wildman–Crippen MR) is 157 cm³/mol. The Morgan fingerprint density at radius 2 is 1.66 bits per heavy atom. The van der Waals surface area contributed by atoms with Crippen molar-refractivity contribution >= 4 is 44.5 Å². The van der Waals surface area contributed by atoms with E-state index in [1.807, 2.05) is 60.7 Å². The molecule has 0 amide bonds. The lowest BCUT2D eigenvalue weighted by molar-refractivity contribution is -0.140. The number of benzene rings is 4. The van der Waals surface area contributed by atoms with Crippen LogP contribution in [0.15, 0.2) is 88.0 Å². The van der Waals surface area contributed by atoms with E-state index in [0.717, 1.165) is 26.7 Å². The van der Waals surface area contributed by atoms with Crippen LogP contribution in [-0.4, -0.2) is 39.1 Å². The Hall–Kier alpha value is -3.96. The third-order valence-corrected chi connectivity index (χ3v) is 7.67. The average Bonchev–Trinajstić information content (AvgIpc) is 3.47. The Morgan fingerprint density at radius 1 is 0.927 bits per heavy atom. The van der Waals surface area contributed by atoms with Gasteiger partial charge in [-0.2, -0.15) is 0 Å². The lowest BCUT2D eigenvalue weighted by atomic mass is 10.0. The Morgan fingerprint density at radius 3 is 2.44 bits per heavy atom. The highest BCUT2D eigenvalue weighted by molar-refractivity contribution is 9.10. The van der Waals surface area contributed by atoms with Crippen molar-refractivity contribution in [3.8, 4) is 22.6 Å². The summed E-state index contributed by atoms with van der Waals surface area (Å²) in [5.74, 6) is -0.361. The first-order valence-electron chi connectivity index (χ1n) is 12.6. The van der Waals surface area contributed by atoms with Crippen LogP contribution in [0.4, 0.5) is 0 Å². The fraction of sp³-hybridized carbons (Fsp3) is 0.167. The van der Waals surface area contributed by atoms with E-state index in [2.05, 4.69) is 31.6 Å². The summed E-state index contributed by atoms with van der Waals surface area (Å²) in [4.78, 5) is 11.4. The zero-order chi connectivity index (χ0) is 28.8. The summed E-state index contributed by atoms with van der Waals surface area (Å²) >= 11 is 10.3. The number of aromatic nitrogens is 2. The number of aliphatic carboxylic acids is 1. The molecule has 0 aliphatic rings. The van der Waals surface area contributed by atoms with Crippen LogP contribution in [0.1, 0.15) is 16.7 Å². The summed E-state index contributed by atoms with van der Waals surface area (Å²) in [6.45, 7) is -0.133. The molecule has 0 radical (unpaired) electrons. The van der Waals surface area contributed by atoms with Crippen LogP contribution < -0.4 is 14.8 Å². The molecule has 0 bridgehead atoms. The fourth-order valence-electron chi connectivity index (χ4n) is 4.24. The van der Waals surface area contributed by atoms with Gasteiger partial charge < -0.3 is 19.7 Å². The van der Waals surface area contributed by atoms with Gasteiger partial charge in [-0.15, -0.1) is 0 Å². The summed E-state index contributed by atoms with van der Waals surface area (Å²) in [5, 5.41) is 29.7. The van der Waals surface area contributed by atoms with Crippen LogP contribution in [0, 0.1) is 0 Å². The summed E-state index contributed by atoms with van der Waals surface area (Å²) < 4.78 is 18.1. The number of carboxylic acids is 1. The van der Waals surface area contributed by atoms with Gasteiger partial charge in [-0.05, 0) is 49.5 Å². The maximum absolute atomic E-state index is 11.4. The lowest BCUT2D eigenvalue weighted by Crippen LogP contribution is -2.39. The molecule has 9 nitrogen and oxygen atoms in total. The molecule has 0 spiro atoms. The van der Waals surface area contributed by atoms with Crippen molar-refractivity contribution in [1.82, 2.24) is 15.6 Å². The van der Waals surface area contributed by atoms with E-state index in [1.54, 1.807) is 18.2 Å². The first kappa shape index (κ1) is 28.6. The van der Waals surface area contributed by atoms with Crippen molar-refractivity contribution < 1.29 is 29.1 Å². The van der Waals surface area contributed by atoms with Crippen molar-refractivity contribution in [2.75, 3.05) is 6.61 Å². The molecule has 5 rings (SSSR count). The van der Waals surface area contributed by atoms with Gasteiger partial charge in [0, 0.05) is 33.8 Å². The van der Waals surface area contributed by atoms with Gasteiger partial charge >= 0.3 is 5.97 Å². The number of nitrogens with one attached hydrogen (secondary N) is 1. The van der Waals surface area contributed by atoms with E-state index < -0.39 is 18.6 Å². The number of carbonyl (C=O) groups is 1. The molecule has 5 aromatic rings. The van der Waals surface area contributed by atoms with E-state index in [9.17, 15) is 15.0 Å². The van der Waals surface area contributed by atoms with E-state index in [0.29, 0.717) is 33.1 Å². The molecule has 4 aromatic carbocycles. The van der Waals surface area contributed by atoms with Gasteiger partial charge in [0.25, 0.3) is 0 Å². The highest BCUT2D eigenvalue weighted by Crippen LogP contribution is 2.36. The second-order valence-electron chi connectivity index (χ2n) is 9.12. The SMILES string of the molecule is O=C(O)[C@@H](CO)NCc1cc(Cl)c(OCc2cccc(-c3ccccc3)c2Br)cc1OCc1cccc2nonc12. The van der Waals surface area contributed by atoms with Gasteiger partial charge in [0.05, 0.1) is 11.6 Å². The van der Waals surface area contributed by atoms with Gasteiger partial charge in [-0.3, -0.25) is 10.1 Å². The van der Waals surface area contributed by atoms with Crippen molar-refractivity contribution in [3.05, 3.63) is 105 Å². The maximum atomic E-state index is 11.4. The second-order valence-corrected chi connectivity index (χ2v) is 10.3. The first-order chi connectivity index (χ1) is 19.9. The van der Waals surface area contributed by atoms with E-state index >= 15 is 0 Å². The van der Waals surface area contributed by atoms with Crippen molar-refractivity contribution in [2.45, 2.75) is 25.8 Å². The Labute approximate surface area is 248 Å². The first-order valence-corrected chi connectivity index (χ1v) is 13.8. The predicted octanol–water partition coefficient (Wildman–Crippen LogP) is 6.00. The number of aliphatic hydroxyl groups excluding tert-OH is 1. The largest absolute Gasteiger partial charge is 0.488 e. The summed E-state index contributed by atoms with van der Waals surface area (Å²) in [6, 6.07) is 23.6. The zero-order valence-electron chi connectivity index (χ0n) is 21.6. The second kappa shape index (κ2) is 13.1. The molecule has 1 atom stereocenters. The number of ether oxygens (including phenoxy) is 2. The van der Waals surface area contributed by atoms with Gasteiger partial charge in [0.15, 0.2) is 0 Å². The van der Waals surface area contributed by atoms with E-state index in [-0.39, 0.29) is 19.8 Å². The average molecular weight is 639 g/mol. The molecule has 0 aliphatic heterocycles. The van der Waals surface area contributed by atoms with Crippen LogP contribution in [0.5, 0.6) is 11.5 Å². The van der Waals surface area contributed by atoms with Crippen LogP contribution in [0.2, 0.25) is 5.02 Å². The molecular formula is C30H25BrClN3O6. The quantitative estimate of drug-likeness (QED) is 0.151. The van der Waals surface area contributed by atoms with Gasteiger partial charge in [0.2, 0.25) is 0 Å². The van der Waals surface area contributed by atoms with Crippen molar-refractivity contribution in [3.63, 3.8) is 0 Å². The maximum Gasteiger partial charge on any atom is 0.323 e. The minimum absolute atomic E-state index is 0.0766. The molecule has 0 saturated heterocycles. The highest BCUT2D eigenvalue weighted by atomic mass is 79.9. The monoisotopic (exact) mass is 637 g/mol. The van der Waals surface area contributed by atoms with Gasteiger partial charge in [-0.25, -0.2) is 4.63 Å². The number of hydrogen-bond donors (Lipinski definition) is 3. The number of nitrogens with zero attached hydrogens (tertiary/aromatic N) is 2. The molecule has 41 heavy (non-hydrogen) atoms. The Kier molecular flexibility index (Phi) is 9.15. The molecule has 11 heteroatoms. The number of rotatable bonds is 12. The molecule has 1 heterocycles. The molecule has 0 saturated carbocycles. The summed E-state index contributed by atoms with van der Waals surface area (Å²) in [6.07, 6.45) is 0. The molecular weight excluding hydrogens is 614 g/mol. The Bertz CT molecular complexity index is 1660. The molecule has 0 aliphatic carbocycles. The zero-order valence-corrected chi connectivity index (χ0v) is 23.9. The number of carboxylic acid groups (broad SMARTS) is 1. The molecule has 0 unspecified atom stereocenters. The summed E-state index contributed by atoms with van der Waals surface area (Å²) in [7, 11) is 0. The minimum Gasteiger partial charge on any atom is -0.488 e. The molecule has 3 N–H and O–H groups in total. The topological polar surface area (TPSA) is 127 Å². The number of hydrogen-bond acceptors (Lipinski definition) is 8. The number of aliphatic hydroxyl groups is 1. The third-order valence-electron chi connectivity index (χ3n) is 6.43. The van der Waals surface area contributed by atoms with Crippen LogP contribution >= 0.6 is 27.5 Å². The molecule has 0 fully saturated rings. The van der Waals surface area contributed by atoms with Gasteiger partial charge in [-0.1, -0.05) is 72.3 Å². The highest BCUT2D eigenvalue weighted by Gasteiger charge is 2.19. The third kappa shape index (κ3) is 6.68. The summed E-state index contributed by atoms with van der Waals surface area (Å²) in [5.41, 5.74) is 5.55. The van der Waals surface area contributed by atoms with E-state index in [1.165, 1.54) is 0 Å². The lowest BCUT2D eigenvalue weighted by Gasteiger charge is -2.18. The van der Waals surface area contributed by atoms with Crippen molar-refractivity contribution in [2.24, 2.45) is 0 Å². The van der Waals surface area contributed by atoms with Crippen LogP contribution in [0.25, 0.3) is 22.2 Å².